The van der Waals surface area contributed by atoms with Gasteiger partial charge in [0, 0.05) is 31.5 Å². The number of nitro groups is 1. The van der Waals surface area contributed by atoms with Gasteiger partial charge in [0.2, 0.25) is 11.8 Å². The molecule has 0 saturated heterocycles. The molecule has 0 spiro atoms. The van der Waals surface area contributed by atoms with E-state index in [1.165, 1.54) is 37.5 Å². The molecule has 2 N–H and O–H groups in total. The first kappa shape index (κ1) is 31.8. The van der Waals surface area contributed by atoms with Crippen molar-refractivity contribution < 1.29 is 38.3 Å². The molecule has 3 rings (SSSR count). The molecule has 224 valence electrons. The molecule has 0 fully saturated rings. The third-order valence-corrected chi connectivity index (χ3v) is 6.41. The maximum Gasteiger partial charge on any atom is 0.348 e. The second-order valence-electron chi connectivity index (χ2n) is 10.2. The van der Waals surface area contributed by atoms with Crippen molar-refractivity contribution in [1.82, 2.24) is 10.6 Å². The SMILES string of the molecule is COc1ccc(C[C@H]2NC(=O)/C=C/C[C@@H](c3cccc([N+](=O)[O-])c3)OC(=O)[C@H](CC(C)C)OC(=O)CCNC2=O)cc1. The molecule has 0 aliphatic carbocycles. The van der Waals surface area contributed by atoms with E-state index in [0.29, 0.717) is 11.3 Å². The average Bonchev–Trinajstić information content (AvgIpc) is 2.95. The Morgan fingerprint density at radius 1 is 1.07 bits per heavy atom. The van der Waals surface area contributed by atoms with Crippen LogP contribution >= 0.6 is 0 Å². The highest BCUT2D eigenvalue weighted by atomic mass is 16.6. The largest absolute Gasteiger partial charge is 0.497 e. The van der Waals surface area contributed by atoms with Crippen LogP contribution in [0.5, 0.6) is 5.75 Å². The molecule has 1 heterocycles. The molecule has 1 aliphatic heterocycles. The number of carbonyl (C=O) groups is 4. The Hall–Kier alpha value is -4.74. The van der Waals surface area contributed by atoms with Gasteiger partial charge >= 0.3 is 11.9 Å². The van der Waals surface area contributed by atoms with Crippen LogP contribution in [0.1, 0.15) is 50.3 Å². The summed E-state index contributed by atoms with van der Waals surface area (Å²) < 4.78 is 16.3. The lowest BCUT2D eigenvalue weighted by molar-refractivity contribution is -0.385. The lowest BCUT2D eigenvalue weighted by Gasteiger charge is -2.23. The molecule has 0 radical (unpaired) electrons. The lowest BCUT2D eigenvalue weighted by atomic mass is 10.0. The van der Waals surface area contributed by atoms with Crippen LogP contribution in [0, 0.1) is 16.0 Å². The van der Waals surface area contributed by atoms with Gasteiger partial charge in [-0.1, -0.05) is 44.2 Å². The molecular formula is C30H35N3O9. The van der Waals surface area contributed by atoms with Crippen LogP contribution in [-0.2, 0) is 35.1 Å². The molecule has 0 aromatic heterocycles. The van der Waals surface area contributed by atoms with E-state index in [0.717, 1.165) is 5.56 Å². The predicted molar refractivity (Wildman–Crippen MR) is 151 cm³/mol. The van der Waals surface area contributed by atoms with Crippen molar-refractivity contribution in [3.8, 4) is 5.75 Å². The number of esters is 2. The number of methoxy groups -OCH3 is 1. The summed E-state index contributed by atoms with van der Waals surface area (Å²) in [6.07, 6.45) is 0.542. The number of nitrogens with zero attached hydrogens (tertiary/aromatic N) is 1. The van der Waals surface area contributed by atoms with Gasteiger partial charge in [0.05, 0.1) is 18.5 Å². The molecule has 0 unspecified atom stereocenters. The third-order valence-electron chi connectivity index (χ3n) is 6.41. The predicted octanol–water partition coefficient (Wildman–Crippen LogP) is 3.34. The Kier molecular flexibility index (Phi) is 11.6. The van der Waals surface area contributed by atoms with Crippen LogP contribution in [-0.4, -0.2) is 54.5 Å². The van der Waals surface area contributed by atoms with E-state index in [1.807, 2.05) is 13.8 Å². The number of ether oxygens (including phenoxy) is 3. The second kappa shape index (κ2) is 15.3. The first-order valence-electron chi connectivity index (χ1n) is 13.6. The Morgan fingerprint density at radius 3 is 2.48 bits per heavy atom. The van der Waals surface area contributed by atoms with Crippen LogP contribution in [0.4, 0.5) is 5.69 Å². The number of amides is 2. The summed E-state index contributed by atoms with van der Waals surface area (Å²) in [4.78, 5) is 62.4. The van der Waals surface area contributed by atoms with Crippen LogP contribution < -0.4 is 15.4 Å². The number of benzene rings is 2. The average molecular weight is 582 g/mol. The lowest BCUT2D eigenvalue weighted by Crippen LogP contribution is -2.48. The van der Waals surface area contributed by atoms with Gasteiger partial charge in [-0.2, -0.15) is 0 Å². The van der Waals surface area contributed by atoms with Crippen molar-refractivity contribution in [1.29, 1.82) is 0 Å². The quantitative estimate of drug-likeness (QED) is 0.284. The minimum absolute atomic E-state index is 0.0159. The topological polar surface area (TPSA) is 163 Å². The smallest absolute Gasteiger partial charge is 0.348 e. The fourth-order valence-corrected chi connectivity index (χ4v) is 4.28. The normalized spacial score (nSPS) is 21.5. The highest BCUT2D eigenvalue weighted by molar-refractivity contribution is 5.93. The zero-order chi connectivity index (χ0) is 30.6. The van der Waals surface area contributed by atoms with Crippen LogP contribution in [0.3, 0.4) is 0 Å². The molecule has 12 nitrogen and oxygen atoms in total. The zero-order valence-corrected chi connectivity index (χ0v) is 23.7. The summed E-state index contributed by atoms with van der Waals surface area (Å²) in [5, 5.41) is 16.7. The minimum atomic E-state index is -1.22. The molecule has 1 aliphatic rings. The molecule has 0 saturated carbocycles. The van der Waals surface area contributed by atoms with Gasteiger partial charge in [0.1, 0.15) is 17.9 Å². The Labute approximate surface area is 243 Å². The summed E-state index contributed by atoms with van der Waals surface area (Å²) in [7, 11) is 1.54. The highest BCUT2D eigenvalue weighted by Gasteiger charge is 2.29. The van der Waals surface area contributed by atoms with Gasteiger partial charge in [-0.05, 0) is 41.7 Å². The number of cyclic esters (lactones) is 2. The summed E-state index contributed by atoms with van der Waals surface area (Å²) in [6.45, 7) is 3.62. The fraction of sp³-hybridized carbons (Fsp3) is 0.400. The van der Waals surface area contributed by atoms with Crippen molar-refractivity contribution in [2.45, 2.75) is 57.8 Å². The number of hydrogen-bond acceptors (Lipinski definition) is 9. The third kappa shape index (κ3) is 9.72. The Bertz CT molecular complexity index is 1310. The molecule has 3 atom stereocenters. The summed E-state index contributed by atoms with van der Waals surface area (Å²) >= 11 is 0. The molecule has 2 amide bonds. The van der Waals surface area contributed by atoms with Gasteiger partial charge in [0.25, 0.3) is 5.69 Å². The van der Waals surface area contributed by atoms with Gasteiger partial charge in [0.15, 0.2) is 6.10 Å². The fourth-order valence-electron chi connectivity index (χ4n) is 4.28. The number of nitrogens with one attached hydrogen (secondary N) is 2. The molecule has 2 aromatic rings. The Morgan fingerprint density at radius 2 is 1.81 bits per heavy atom. The van der Waals surface area contributed by atoms with E-state index in [4.69, 9.17) is 14.2 Å². The van der Waals surface area contributed by atoms with Crippen LogP contribution in [0.25, 0.3) is 0 Å². The second-order valence-corrected chi connectivity index (χ2v) is 10.2. The maximum atomic E-state index is 13.1. The molecule has 0 bridgehead atoms. The summed E-state index contributed by atoms with van der Waals surface area (Å²) in [6, 6.07) is 11.7. The number of hydrogen-bond donors (Lipinski definition) is 2. The van der Waals surface area contributed by atoms with Crippen LogP contribution in [0.15, 0.2) is 60.7 Å². The number of nitro benzene ring substituents is 1. The van der Waals surface area contributed by atoms with E-state index >= 15 is 0 Å². The standard InChI is InChI=1S/C30H35N3O9/c1-19(2)16-26-30(37)42-25(21-6-4-7-22(18-21)33(38)39)8-5-9-27(34)32-24(29(36)31-15-14-28(35)41-26)17-20-10-12-23(40-3)13-11-20/h4-7,9-13,18-19,24-26H,8,14-17H2,1-3H3,(H,31,36)(H,32,34)/b9-5+/t24-,25+,26+/m1/s1. The van der Waals surface area contributed by atoms with E-state index in [-0.39, 0.29) is 43.8 Å². The molecular weight excluding hydrogens is 546 g/mol. The van der Waals surface area contributed by atoms with Crippen molar-refractivity contribution >= 4 is 29.4 Å². The van der Waals surface area contributed by atoms with Gasteiger partial charge in [-0.15, -0.1) is 0 Å². The van der Waals surface area contributed by atoms with Crippen molar-refractivity contribution in [2.24, 2.45) is 5.92 Å². The molecule has 42 heavy (non-hydrogen) atoms. The van der Waals surface area contributed by atoms with Gasteiger partial charge in [-0.25, -0.2) is 4.79 Å². The van der Waals surface area contributed by atoms with Crippen molar-refractivity contribution in [3.05, 3.63) is 81.9 Å². The van der Waals surface area contributed by atoms with Crippen LogP contribution in [0.2, 0.25) is 0 Å². The van der Waals surface area contributed by atoms with Gasteiger partial charge in [-0.3, -0.25) is 24.5 Å². The zero-order valence-electron chi connectivity index (χ0n) is 23.7. The maximum absolute atomic E-state index is 13.1. The van der Waals surface area contributed by atoms with E-state index in [1.54, 1.807) is 30.3 Å². The number of non-ortho nitro benzene ring substituents is 1. The number of carbonyl (C=O) groups excluding carboxylic acids is 4. The highest BCUT2D eigenvalue weighted by Crippen LogP contribution is 2.27. The molecule has 2 aromatic carbocycles. The van der Waals surface area contributed by atoms with E-state index < -0.39 is 46.9 Å². The molecule has 12 heteroatoms. The number of rotatable bonds is 7. The summed E-state index contributed by atoms with van der Waals surface area (Å²) in [5.74, 6) is -1.99. The van der Waals surface area contributed by atoms with Gasteiger partial charge < -0.3 is 24.8 Å². The van der Waals surface area contributed by atoms with E-state index in [2.05, 4.69) is 10.6 Å². The Balaban J connectivity index is 1.90. The summed E-state index contributed by atoms with van der Waals surface area (Å²) in [5.41, 5.74) is 0.897. The van der Waals surface area contributed by atoms with Crippen molar-refractivity contribution in [2.75, 3.05) is 13.7 Å². The van der Waals surface area contributed by atoms with Crippen molar-refractivity contribution in [3.63, 3.8) is 0 Å². The van der Waals surface area contributed by atoms with E-state index in [9.17, 15) is 29.3 Å². The monoisotopic (exact) mass is 581 g/mol. The minimum Gasteiger partial charge on any atom is -0.497 e. The first-order valence-corrected chi connectivity index (χ1v) is 13.6. The first-order chi connectivity index (χ1) is 20.0.